The summed E-state index contributed by atoms with van der Waals surface area (Å²) in [5.74, 6) is -0.680. The van der Waals surface area contributed by atoms with Crippen molar-refractivity contribution in [3.8, 4) is 17.2 Å². The van der Waals surface area contributed by atoms with Crippen molar-refractivity contribution < 1.29 is 36.9 Å². The lowest BCUT2D eigenvalue weighted by atomic mass is 10.1. The summed E-state index contributed by atoms with van der Waals surface area (Å²) < 4.78 is 67.0. The molecule has 0 atom stereocenters. The standard InChI is InChI=1S/C29H27F4N3O5/c1-18-16-22(12-13-24(18)41-28(2,3)26(37)38)40-17-25-34-36(21-10-8-20(9-11-21)29(31,32)33)27(39)35(25)15-14-19-6-4-5-7-23(19)30/h4-13,16H,14-15,17H2,1-3H3,(H,37,38). The monoisotopic (exact) mass is 573 g/mol. The number of carbonyl (C=O) groups is 1. The summed E-state index contributed by atoms with van der Waals surface area (Å²) in [4.78, 5) is 24.7. The molecule has 4 rings (SSSR count). The fourth-order valence-electron chi connectivity index (χ4n) is 3.95. The predicted octanol–water partition coefficient (Wildman–Crippen LogP) is 5.56. The first kappa shape index (κ1) is 29.4. The Morgan fingerprint density at radius 3 is 2.32 bits per heavy atom. The Kier molecular flexibility index (Phi) is 8.22. The molecular formula is C29H27F4N3O5. The van der Waals surface area contributed by atoms with Crippen molar-refractivity contribution in [2.45, 2.75) is 52.1 Å². The number of aliphatic carboxylic acids is 1. The van der Waals surface area contributed by atoms with E-state index in [4.69, 9.17) is 9.47 Å². The number of aromatic nitrogens is 3. The van der Waals surface area contributed by atoms with Crippen molar-refractivity contribution in [2.75, 3.05) is 0 Å². The zero-order valence-electron chi connectivity index (χ0n) is 22.4. The molecule has 1 heterocycles. The van der Waals surface area contributed by atoms with Crippen LogP contribution in [-0.4, -0.2) is 31.0 Å². The Balaban J connectivity index is 1.61. The van der Waals surface area contributed by atoms with Gasteiger partial charge < -0.3 is 14.6 Å². The van der Waals surface area contributed by atoms with Crippen molar-refractivity contribution in [3.63, 3.8) is 0 Å². The van der Waals surface area contributed by atoms with Gasteiger partial charge in [-0.25, -0.2) is 14.0 Å². The number of hydrogen-bond acceptors (Lipinski definition) is 5. The molecule has 0 amide bonds. The second kappa shape index (κ2) is 11.5. The van der Waals surface area contributed by atoms with Gasteiger partial charge in [0.15, 0.2) is 11.4 Å². The van der Waals surface area contributed by atoms with Gasteiger partial charge in [-0.3, -0.25) is 4.57 Å². The number of hydrogen-bond donors (Lipinski definition) is 1. The molecule has 0 saturated carbocycles. The molecule has 4 aromatic rings. The third-order valence-electron chi connectivity index (χ3n) is 6.34. The molecule has 0 aliphatic rings. The minimum Gasteiger partial charge on any atom is -0.486 e. The Morgan fingerprint density at radius 1 is 1.02 bits per heavy atom. The van der Waals surface area contributed by atoms with Crippen molar-refractivity contribution in [1.82, 2.24) is 14.3 Å². The minimum absolute atomic E-state index is 0.0369. The maximum Gasteiger partial charge on any atom is 0.416 e. The van der Waals surface area contributed by atoms with Crippen molar-refractivity contribution >= 4 is 5.97 Å². The second-order valence-electron chi connectivity index (χ2n) is 9.78. The van der Waals surface area contributed by atoms with Crippen molar-refractivity contribution in [2.24, 2.45) is 0 Å². The Labute approximate surface area is 232 Å². The number of benzene rings is 3. The number of rotatable bonds is 10. The third kappa shape index (κ3) is 6.76. The molecule has 12 heteroatoms. The van der Waals surface area contributed by atoms with Crippen LogP contribution in [0.1, 0.15) is 36.4 Å². The van der Waals surface area contributed by atoms with Gasteiger partial charge in [-0.05, 0) is 86.8 Å². The minimum atomic E-state index is -4.54. The van der Waals surface area contributed by atoms with Gasteiger partial charge in [0.25, 0.3) is 0 Å². The molecule has 216 valence electrons. The highest BCUT2D eigenvalue weighted by Crippen LogP contribution is 2.30. The van der Waals surface area contributed by atoms with Crippen LogP contribution in [-0.2, 0) is 30.5 Å². The lowest BCUT2D eigenvalue weighted by molar-refractivity contribution is -0.152. The van der Waals surface area contributed by atoms with Crippen LogP contribution in [0.5, 0.6) is 11.5 Å². The highest BCUT2D eigenvalue weighted by molar-refractivity contribution is 5.76. The molecule has 0 radical (unpaired) electrons. The molecule has 41 heavy (non-hydrogen) atoms. The molecule has 3 aromatic carbocycles. The molecule has 0 unspecified atom stereocenters. The summed E-state index contributed by atoms with van der Waals surface area (Å²) >= 11 is 0. The van der Waals surface area contributed by atoms with Crippen LogP contribution in [0.4, 0.5) is 17.6 Å². The summed E-state index contributed by atoms with van der Waals surface area (Å²) in [7, 11) is 0. The highest BCUT2D eigenvalue weighted by Gasteiger charge is 2.31. The topological polar surface area (TPSA) is 95.6 Å². The molecule has 0 aliphatic carbocycles. The summed E-state index contributed by atoms with van der Waals surface area (Å²) in [5.41, 5.74) is -1.85. The van der Waals surface area contributed by atoms with Crippen LogP contribution in [0.2, 0.25) is 0 Å². The molecule has 0 saturated heterocycles. The van der Waals surface area contributed by atoms with E-state index in [0.717, 1.165) is 28.9 Å². The number of alkyl halides is 3. The summed E-state index contributed by atoms with van der Waals surface area (Å²) in [6.07, 6.45) is -4.38. The van der Waals surface area contributed by atoms with Gasteiger partial charge in [-0.1, -0.05) is 18.2 Å². The fraction of sp³-hybridized carbons (Fsp3) is 0.276. The van der Waals surface area contributed by atoms with E-state index in [1.807, 2.05) is 0 Å². The molecular weight excluding hydrogens is 546 g/mol. The van der Waals surface area contributed by atoms with E-state index >= 15 is 0 Å². The zero-order chi connectivity index (χ0) is 29.9. The van der Waals surface area contributed by atoms with E-state index < -0.39 is 34.8 Å². The lowest BCUT2D eigenvalue weighted by Crippen LogP contribution is -2.38. The second-order valence-corrected chi connectivity index (χ2v) is 9.78. The fourth-order valence-corrected chi connectivity index (χ4v) is 3.95. The first-order chi connectivity index (χ1) is 19.3. The average Bonchev–Trinajstić information content (AvgIpc) is 3.22. The first-order valence-electron chi connectivity index (χ1n) is 12.5. The van der Waals surface area contributed by atoms with Gasteiger partial charge in [0.05, 0.1) is 11.3 Å². The number of nitrogens with zero attached hydrogens (tertiary/aromatic N) is 3. The zero-order valence-corrected chi connectivity index (χ0v) is 22.4. The van der Waals surface area contributed by atoms with Crippen LogP contribution in [0.15, 0.2) is 71.5 Å². The van der Waals surface area contributed by atoms with Gasteiger partial charge in [-0.2, -0.15) is 17.9 Å². The Bertz CT molecular complexity index is 1610. The van der Waals surface area contributed by atoms with Crippen LogP contribution >= 0.6 is 0 Å². The van der Waals surface area contributed by atoms with E-state index in [1.165, 1.54) is 24.5 Å². The molecule has 0 fully saturated rings. The maximum absolute atomic E-state index is 14.2. The van der Waals surface area contributed by atoms with Crippen LogP contribution in [0, 0.1) is 12.7 Å². The molecule has 0 aliphatic heterocycles. The molecule has 0 spiro atoms. The third-order valence-corrected chi connectivity index (χ3v) is 6.34. The van der Waals surface area contributed by atoms with Gasteiger partial charge in [0, 0.05) is 6.54 Å². The Morgan fingerprint density at radius 2 is 1.71 bits per heavy atom. The number of ether oxygens (including phenoxy) is 2. The Hall–Kier alpha value is -4.61. The van der Waals surface area contributed by atoms with Gasteiger partial charge in [0.2, 0.25) is 0 Å². The van der Waals surface area contributed by atoms with Crippen molar-refractivity contribution in [1.29, 1.82) is 0 Å². The largest absolute Gasteiger partial charge is 0.486 e. The van der Waals surface area contributed by atoms with Crippen molar-refractivity contribution in [3.05, 3.63) is 106 Å². The summed E-state index contributed by atoms with van der Waals surface area (Å²) in [6.45, 7) is 4.40. The van der Waals surface area contributed by atoms with E-state index in [2.05, 4.69) is 5.10 Å². The summed E-state index contributed by atoms with van der Waals surface area (Å²) in [5, 5.41) is 13.6. The van der Waals surface area contributed by atoms with Gasteiger partial charge in [-0.15, -0.1) is 5.10 Å². The number of carboxylic acids is 1. The van der Waals surface area contributed by atoms with Crippen LogP contribution in [0.25, 0.3) is 5.69 Å². The molecule has 1 N–H and O–H groups in total. The number of aryl methyl sites for hydroxylation is 2. The number of carboxylic acid groups (broad SMARTS) is 1. The van der Waals surface area contributed by atoms with Crippen LogP contribution < -0.4 is 15.2 Å². The number of halogens is 4. The van der Waals surface area contributed by atoms with E-state index in [9.17, 15) is 32.3 Å². The van der Waals surface area contributed by atoms with E-state index in [0.29, 0.717) is 22.6 Å². The summed E-state index contributed by atoms with van der Waals surface area (Å²) in [6, 6.07) is 14.9. The van der Waals surface area contributed by atoms with Gasteiger partial charge >= 0.3 is 17.8 Å². The van der Waals surface area contributed by atoms with E-state index in [1.54, 1.807) is 43.3 Å². The maximum atomic E-state index is 14.2. The lowest BCUT2D eigenvalue weighted by Gasteiger charge is -2.23. The predicted molar refractivity (Wildman–Crippen MR) is 141 cm³/mol. The molecule has 8 nitrogen and oxygen atoms in total. The normalized spacial score (nSPS) is 11.9. The van der Waals surface area contributed by atoms with E-state index in [-0.39, 0.29) is 31.1 Å². The highest BCUT2D eigenvalue weighted by atomic mass is 19.4. The quantitative estimate of drug-likeness (QED) is 0.250. The first-order valence-corrected chi connectivity index (χ1v) is 12.5. The van der Waals surface area contributed by atoms with Gasteiger partial charge in [0.1, 0.15) is 23.9 Å². The smallest absolute Gasteiger partial charge is 0.416 e. The molecule has 0 bridgehead atoms. The average molecular weight is 574 g/mol. The SMILES string of the molecule is Cc1cc(OCc2nn(-c3ccc(C(F)(F)F)cc3)c(=O)n2CCc2ccccc2F)ccc1OC(C)(C)C(=O)O. The van der Waals surface area contributed by atoms with Crippen LogP contribution in [0.3, 0.4) is 0 Å². The molecule has 1 aromatic heterocycles.